The molecule has 2 rings (SSSR count). The van der Waals surface area contributed by atoms with E-state index in [0.29, 0.717) is 12.0 Å². The Morgan fingerprint density at radius 1 is 1.18 bits per heavy atom. The summed E-state index contributed by atoms with van der Waals surface area (Å²) in [5.41, 5.74) is 3.92. The second kappa shape index (κ2) is 5.38. The summed E-state index contributed by atoms with van der Waals surface area (Å²) in [4.78, 5) is 4.93. The van der Waals surface area contributed by atoms with Gasteiger partial charge in [-0.3, -0.25) is 0 Å². The van der Waals surface area contributed by atoms with E-state index in [1.54, 1.807) is 13.2 Å². The fourth-order valence-electron chi connectivity index (χ4n) is 2.57. The van der Waals surface area contributed by atoms with Crippen molar-refractivity contribution in [1.29, 1.82) is 0 Å². The van der Waals surface area contributed by atoms with Crippen LogP contribution in [0.15, 0.2) is 18.2 Å². The van der Waals surface area contributed by atoms with Crippen molar-refractivity contribution in [2.24, 2.45) is 0 Å². The van der Waals surface area contributed by atoms with Gasteiger partial charge in [0.05, 0.1) is 7.11 Å². The molecular formula is C13H19NO3. The van der Waals surface area contributed by atoms with E-state index in [1.165, 1.54) is 6.07 Å². The van der Waals surface area contributed by atoms with Crippen LogP contribution in [0.1, 0.15) is 37.2 Å². The molecule has 0 bridgehead atoms. The van der Waals surface area contributed by atoms with Crippen LogP contribution >= 0.6 is 0 Å². The van der Waals surface area contributed by atoms with Crippen molar-refractivity contribution >= 4 is 0 Å². The second-order valence-electron chi connectivity index (χ2n) is 4.61. The number of phenolic OH excluding ortho intramolecular Hbond substituents is 2. The number of nitrogens with one attached hydrogen (secondary N) is 1. The van der Waals surface area contributed by atoms with Crippen LogP contribution in [0, 0.1) is 0 Å². The molecule has 1 saturated carbocycles. The van der Waals surface area contributed by atoms with Gasteiger partial charge in [-0.05, 0) is 43.2 Å². The first kappa shape index (κ1) is 12.2. The molecule has 1 aromatic carbocycles. The molecule has 1 fully saturated rings. The molecule has 0 unspecified atom stereocenters. The smallest absolute Gasteiger partial charge is 0.122 e. The molecule has 1 aliphatic rings. The Bertz CT molecular complexity index is 373. The number of hydrogen-bond acceptors (Lipinski definition) is 4. The molecule has 0 saturated heterocycles. The number of rotatable bonds is 3. The van der Waals surface area contributed by atoms with Crippen LogP contribution in [-0.4, -0.2) is 23.4 Å². The maximum absolute atomic E-state index is 9.81. The third-order valence-electron chi connectivity index (χ3n) is 3.47. The van der Waals surface area contributed by atoms with Crippen LogP contribution in [0.3, 0.4) is 0 Å². The van der Waals surface area contributed by atoms with Crippen molar-refractivity contribution in [2.45, 2.75) is 37.6 Å². The van der Waals surface area contributed by atoms with Gasteiger partial charge in [0.15, 0.2) is 0 Å². The molecule has 3 N–H and O–H groups in total. The lowest BCUT2D eigenvalue weighted by atomic mass is 9.81. The first-order valence-corrected chi connectivity index (χ1v) is 6.01. The Kier molecular flexibility index (Phi) is 3.86. The summed E-state index contributed by atoms with van der Waals surface area (Å²) < 4.78 is 0. The van der Waals surface area contributed by atoms with E-state index in [0.717, 1.165) is 31.2 Å². The zero-order chi connectivity index (χ0) is 12.3. The van der Waals surface area contributed by atoms with Crippen LogP contribution in [-0.2, 0) is 4.84 Å². The lowest BCUT2D eigenvalue weighted by Crippen LogP contribution is -2.31. The molecular weight excluding hydrogens is 218 g/mol. The summed E-state index contributed by atoms with van der Waals surface area (Å²) in [6.07, 6.45) is 4.14. The molecule has 0 atom stereocenters. The van der Waals surface area contributed by atoms with E-state index in [-0.39, 0.29) is 11.5 Å². The Morgan fingerprint density at radius 2 is 1.88 bits per heavy atom. The molecule has 1 aliphatic carbocycles. The topological polar surface area (TPSA) is 61.7 Å². The highest BCUT2D eigenvalue weighted by Crippen LogP contribution is 2.38. The molecule has 4 nitrogen and oxygen atoms in total. The van der Waals surface area contributed by atoms with E-state index >= 15 is 0 Å². The van der Waals surface area contributed by atoms with Gasteiger partial charge in [0.1, 0.15) is 11.5 Å². The van der Waals surface area contributed by atoms with E-state index in [2.05, 4.69) is 5.48 Å². The van der Waals surface area contributed by atoms with Gasteiger partial charge >= 0.3 is 0 Å². The summed E-state index contributed by atoms with van der Waals surface area (Å²) in [5.74, 6) is 0.694. The lowest BCUT2D eigenvalue weighted by molar-refractivity contribution is 0.0469. The Morgan fingerprint density at radius 3 is 2.47 bits per heavy atom. The zero-order valence-corrected chi connectivity index (χ0v) is 10.0. The minimum absolute atomic E-state index is 0.112. The fourth-order valence-corrected chi connectivity index (χ4v) is 2.57. The van der Waals surface area contributed by atoms with Gasteiger partial charge in [0.2, 0.25) is 0 Å². The third-order valence-corrected chi connectivity index (χ3v) is 3.47. The molecule has 0 aromatic heterocycles. The van der Waals surface area contributed by atoms with Gasteiger partial charge < -0.3 is 15.1 Å². The van der Waals surface area contributed by atoms with E-state index in [9.17, 15) is 10.2 Å². The predicted octanol–water partition coefficient (Wildman–Crippen LogP) is 2.28. The number of hydroxylamine groups is 1. The van der Waals surface area contributed by atoms with Crippen LogP contribution in [0.2, 0.25) is 0 Å². The summed E-state index contributed by atoms with van der Waals surface area (Å²) in [7, 11) is 1.64. The minimum atomic E-state index is 0.112. The van der Waals surface area contributed by atoms with Gasteiger partial charge in [0.25, 0.3) is 0 Å². The van der Waals surface area contributed by atoms with E-state index in [4.69, 9.17) is 4.84 Å². The highest BCUT2D eigenvalue weighted by molar-refractivity contribution is 5.41. The molecule has 17 heavy (non-hydrogen) atoms. The monoisotopic (exact) mass is 237 g/mol. The van der Waals surface area contributed by atoms with Crippen molar-refractivity contribution in [3.63, 3.8) is 0 Å². The largest absolute Gasteiger partial charge is 0.508 e. The molecule has 4 heteroatoms. The molecule has 0 heterocycles. The van der Waals surface area contributed by atoms with E-state index < -0.39 is 0 Å². The van der Waals surface area contributed by atoms with Gasteiger partial charge in [-0.1, -0.05) is 6.07 Å². The standard InChI is InChI=1S/C13H19NO3/c1-17-14-10-4-2-9(3-5-10)12-7-6-11(15)8-13(12)16/h6-10,14-16H,2-5H2,1H3. The quantitative estimate of drug-likeness (QED) is 0.706. The summed E-state index contributed by atoms with van der Waals surface area (Å²) in [6, 6.07) is 5.28. The Balaban J connectivity index is 2.00. The van der Waals surface area contributed by atoms with Crippen molar-refractivity contribution < 1.29 is 15.1 Å². The van der Waals surface area contributed by atoms with Crippen LogP contribution in [0.25, 0.3) is 0 Å². The Hall–Kier alpha value is -1.26. The maximum atomic E-state index is 9.81. The summed E-state index contributed by atoms with van der Waals surface area (Å²) in [5, 5.41) is 19.1. The summed E-state index contributed by atoms with van der Waals surface area (Å²) >= 11 is 0. The normalized spacial score (nSPS) is 24.8. The second-order valence-corrected chi connectivity index (χ2v) is 4.61. The van der Waals surface area contributed by atoms with Crippen molar-refractivity contribution in [3.05, 3.63) is 23.8 Å². The number of hydrogen-bond donors (Lipinski definition) is 3. The average Bonchev–Trinajstić information content (AvgIpc) is 2.31. The molecule has 0 spiro atoms. The highest BCUT2D eigenvalue weighted by Gasteiger charge is 2.24. The van der Waals surface area contributed by atoms with Crippen LogP contribution in [0.5, 0.6) is 11.5 Å². The SMILES string of the molecule is CONC1CCC(c2ccc(O)cc2O)CC1. The minimum Gasteiger partial charge on any atom is -0.508 e. The molecule has 0 amide bonds. The number of benzene rings is 1. The zero-order valence-electron chi connectivity index (χ0n) is 10.0. The van der Waals surface area contributed by atoms with E-state index in [1.807, 2.05) is 6.07 Å². The number of phenols is 2. The van der Waals surface area contributed by atoms with Gasteiger partial charge in [-0.25, -0.2) is 0 Å². The van der Waals surface area contributed by atoms with Crippen LogP contribution < -0.4 is 5.48 Å². The first-order chi connectivity index (χ1) is 8.20. The highest BCUT2D eigenvalue weighted by atomic mass is 16.6. The molecule has 94 valence electrons. The van der Waals surface area contributed by atoms with Crippen molar-refractivity contribution in [1.82, 2.24) is 5.48 Å². The Labute approximate surface area is 101 Å². The molecule has 1 aromatic rings. The third kappa shape index (κ3) is 2.90. The van der Waals surface area contributed by atoms with Crippen molar-refractivity contribution in [2.75, 3.05) is 7.11 Å². The number of aromatic hydroxyl groups is 2. The van der Waals surface area contributed by atoms with Gasteiger partial charge in [-0.2, -0.15) is 5.48 Å². The lowest BCUT2D eigenvalue weighted by Gasteiger charge is -2.29. The van der Waals surface area contributed by atoms with Crippen molar-refractivity contribution in [3.8, 4) is 11.5 Å². The maximum Gasteiger partial charge on any atom is 0.122 e. The van der Waals surface area contributed by atoms with Gasteiger partial charge in [-0.15, -0.1) is 0 Å². The first-order valence-electron chi connectivity index (χ1n) is 6.01. The predicted molar refractivity (Wildman–Crippen MR) is 64.9 cm³/mol. The molecule has 0 aliphatic heterocycles. The summed E-state index contributed by atoms with van der Waals surface area (Å²) in [6.45, 7) is 0. The average molecular weight is 237 g/mol. The van der Waals surface area contributed by atoms with Gasteiger partial charge in [0, 0.05) is 12.1 Å². The van der Waals surface area contributed by atoms with Crippen LogP contribution in [0.4, 0.5) is 0 Å². The molecule has 0 radical (unpaired) electrons. The fraction of sp³-hybridized carbons (Fsp3) is 0.538.